The zero-order valence-electron chi connectivity index (χ0n) is 5.18. The molecule has 0 rings (SSSR count). The van der Waals surface area contributed by atoms with Gasteiger partial charge < -0.3 is 0 Å². The Balaban J connectivity index is 3.54. The van der Waals surface area contributed by atoms with Crippen molar-refractivity contribution < 1.29 is 9.85 Å². The third-order valence-electron chi connectivity index (χ3n) is 1.11. The Morgan fingerprint density at radius 1 is 1.57 bits per heavy atom. The molecule has 0 bridgehead atoms. The van der Waals surface area contributed by atoms with Gasteiger partial charge in [-0.25, -0.2) is 5.21 Å². The summed E-state index contributed by atoms with van der Waals surface area (Å²) in [6.07, 6.45) is 0. The molecule has 1 atom stereocenters. The zero-order chi connectivity index (χ0) is 6.08. The maximum atomic E-state index is 8.92. The molecule has 0 aromatic heterocycles. The lowest BCUT2D eigenvalue weighted by Crippen LogP contribution is -2.39. The molecule has 0 heterocycles. The second-order valence-electron chi connectivity index (χ2n) is 2.31. The van der Waals surface area contributed by atoms with Crippen LogP contribution in [0.5, 0.6) is 0 Å². The molecule has 7 heavy (non-hydrogen) atoms. The maximum absolute atomic E-state index is 8.92. The lowest BCUT2D eigenvalue weighted by Gasteiger charge is -2.22. The summed E-state index contributed by atoms with van der Waals surface area (Å²) in [6, 6.07) is 0.181. The Morgan fingerprint density at radius 3 is 1.71 bits per heavy atom. The first-order chi connectivity index (χ1) is 2.94. The first-order valence-electron chi connectivity index (χ1n) is 2.38. The Morgan fingerprint density at radius 2 is 1.71 bits per heavy atom. The predicted octanol–water partition coefficient (Wildman–Crippen LogP) is 1.02. The van der Waals surface area contributed by atoms with Gasteiger partial charge in [-0.1, -0.05) is 0 Å². The third kappa shape index (κ3) is 2.60. The van der Waals surface area contributed by atoms with Crippen LogP contribution in [-0.2, 0) is 0 Å². The van der Waals surface area contributed by atoms with Crippen LogP contribution < -0.4 is 0 Å². The summed E-state index contributed by atoms with van der Waals surface area (Å²) >= 11 is 0. The van der Waals surface area contributed by atoms with Crippen LogP contribution in [0.15, 0.2) is 0 Å². The van der Waals surface area contributed by atoms with Gasteiger partial charge in [0.15, 0.2) is 7.05 Å². The van der Waals surface area contributed by atoms with Gasteiger partial charge in [0.25, 0.3) is 0 Å². The van der Waals surface area contributed by atoms with E-state index in [0.29, 0.717) is 0 Å². The molecule has 2 heteroatoms. The number of rotatable bonds is 1. The van der Waals surface area contributed by atoms with Gasteiger partial charge in [0, 0.05) is 0 Å². The molecule has 2 nitrogen and oxygen atoms in total. The van der Waals surface area contributed by atoms with E-state index in [-0.39, 0.29) is 10.7 Å². The fraction of sp³-hybridized carbons (Fsp3) is 0.800. The van der Waals surface area contributed by atoms with E-state index in [2.05, 4.69) is 7.05 Å². The van der Waals surface area contributed by atoms with Gasteiger partial charge >= 0.3 is 0 Å². The molecule has 0 aliphatic carbocycles. The first-order valence-corrected chi connectivity index (χ1v) is 2.38. The second-order valence-corrected chi connectivity index (χ2v) is 2.31. The van der Waals surface area contributed by atoms with Crippen molar-refractivity contribution in [3.8, 4) is 0 Å². The number of nitrogens with zero attached hydrogens (tertiary/aromatic N) is 1. The fourth-order valence-electron chi connectivity index (χ4n) is 0. The van der Waals surface area contributed by atoms with E-state index >= 15 is 0 Å². The molecule has 1 unspecified atom stereocenters. The standard InChI is InChI=1S/C5H13NO/c1-5(2)6(3,4)7/h5,7H,3H2,1-2,4H3/q+1. The average Bonchev–Trinajstić information content (AvgIpc) is 1.31. The summed E-state index contributed by atoms with van der Waals surface area (Å²) in [4.78, 5) is 0. The highest BCUT2D eigenvalue weighted by Crippen LogP contribution is 1.99. The molecule has 0 aliphatic heterocycles. The van der Waals surface area contributed by atoms with E-state index in [9.17, 15) is 0 Å². The summed E-state index contributed by atoms with van der Waals surface area (Å²) in [6.45, 7) is 3.82. The summed E-state index contributed by atoms with van der Waals surface area (Å²) in [5.41, 5.74) is 0. The van der Waals surface area contributed by atoms with Gasteiger partial charge in [-0.05, 0) is 13.8 Å². The number of quaternary nitrogens is 1. The predicted molar refractivity (Wildman–Crippen MR) is 28.5 cm³/mol. The lowest BCUT2D eigenvalue weighted by molar-refractivity contribution is -1.07. The summed E-state index contributed by atoms with van der Waals surface area (Å²) in [7, 11) is 5.11. The van der Waals surface area contributed by atoms with Crippen LogP contribution in [0.3, 0.4) is 0 Å². The average molecular weight is 103 g/mol. The van der Waals surface area contributed by atoms with Gasteiger partial charge in [-0.2, -0.15) is 4.65 Å². The Labute approximate surface area is 44.9 Å². The van der Waals surface area contributed by atoms with E-state index in [1.165, 1.54) is 0 Å². The molecule has 0 aliphatic rings. The Hall–Kier alpha value is -0.0800. The van der Waals surface area contributed by atoms with Crippen molar-refractivity contribution in [1.82, 2.24) is 0 Å². The summed E-state index contributed by atoms with van der Waals surface area (Å²) in [5, 5.41) is 8.92. The van der Waals surface area contributed by atoms with Gasteiger partial charge in [0.2, 0.25) is 0 Å². The quantitative estimate of drug-likeness (QED) is 0.388. The molecule has 1 radical (unpaired) electrons. The molecular formula is C5H13NO+. The van der Waals surface area contributed by atoms with Crippen molar-refractivity contribution in [2.45, 2.75) is 19.9 Å². The van der Waals surface area contributed by atoms with Gasteiger partial charge in [-0.3, -0.25) is 0 Å². The fourth-order valence-corrected chi connectivity index (χ4v) is 0. The lowest BCUT2D eigenvalue weighted by atomic mass is 10.4. The normalized spacial score (nSPS) is 12.9. The number of hydroxylamine groups is 3. The number of hydrogen-bond donors (Lipinski definition) is 1. The molecular weight excluding hydrogens is 90.1 g/mol. The van der Waals surface area contributed by atoms with E-state index in [1.807, 2.05) is 13.8 Å². The van der Waals surface area contributed by atoms with Crippen molar-refractivity contribution in [2.24, 2.45) is 0 Å². The SMILES string of the molecule is [CH2][N+](C)(O)C(C)C. The third-order valence-corrected chi connectivity index (χ3v) is 1.11. The maximum Gasteiger partial charge on any atom is 0.161 e. The zero-order valence-corrected chi connectivity index (χ0v) is 5.18. The highest BCUT2D eigenvalue weighted by molar-refractivity contribution is 4.31. The van der Waals surface area contributed by atoms with Crippen molar-refractivity contribution in [1.29, 1.82) is 0 Å². The van der Waals surface area contributed by atoms with Crippen molar-refractivity contribution in [3.05, 3.63) is 7.05 Å². The van der Waals surface area contributed by atoms with E-state index < -0.39 is 0 Å². The Bertz CT molecular complexity index is 53.6. The Kier molecular flexibility index (Phi) is 1.78. The van der Waals surface area contributed by atoms with E-state index in [4.69, 9.17) is 5.21 Å². The molecule has 43 valence electrons. The molecule has 0 spiro atoms. The number of hydrogen-bond acceptors (Lipinski definition) is 1. The minimum atomic E-state index is -0.194. The van der Waals surface area contributed by atoms with Crippen LogP contribution in [0.2, 0.25) is 0 Å². The van der Waals surface area contributed by atoms with Gasteiger partial charge in [-0.15, -0.1) is 0 Å². The monoisotopic (exact) mass is 103 g/mol. The molecule has 0 saturated heterocycles. The smallest absolute Gasteiger partial charge is 0.161 e. The van der Waals surface area contributed by atoms with Crippen LogP contribution in [0, 0.1) is 7.05 Å². The first kappa shape index (κ1) is 6.92. The summed E-state index contributed by atoms with van der Waals surface area (Å²) in [5.74, 6) is 0. The van der Waals surface area contributed by atoms with E-state index in [0.717, 1.165) is 0 Å². The van der Waals surface area contributed by atoms with Crippen LogP contribution in [-0.4, -0.2) is 22.9 Å². The molecule has 0 saturated carbocycles. The highest BCUT2D eigenvalue weighted by atomic mass is 16.5. The molecule has 0 aromatic rings. The molecule has 0 amide bonds. The minimum absolute atomic E-state index is 0.181. The van der Waals surface area contributed by atoms with Crippen LogP contribution in [0.4, 0.5) is 0 Å². The van der Waals surface area contributed by atoms with Crippen LogP contribution >= 0.6 is 0 Å². The minimum Gasteiger partial charge on any atom is -0.217 e. The van der Waals surface area contributed by atoms with Gasteiger partial charge in [0.1, 0.15) is 6.04 Å². The van der Waals surface area contributed by atoms with Crippen molar-refractivity contribution in [3.63, 3.8) is 0 Å². The van der Waals surface area contributed by atoms with Gasteiger partial charge in [0.05, 0.1) is 7.05 Å². The topological polar surface area (TPSA) is 20.2 Å². The van der Waals surface area contributed by atoms with Crippen molar-refractivity contribution in [2.75, 3.05) is 7.05 Å². The molecule has 0 aromatic carbocycles. The summed E-state index contributed by atoms with van der Waals surface area (Å²) < 4.78 is -0.194. The molecule has 0 fully saturated rings. The van der Waals surface area contributed by atoms with Crippen LogP contribution in [0.25, 0.3) is 0 Å². The molecule has 1 N–H and O–H groups in total. The second kappa shape index (κ2) is 1.80. The largest absolute Gasteiger partial charge is 0.217 e. The highest BCUT2D eigenvalue weighted by Gasteiger charge is 2.15. The van der Waals surface area contributed by atoms with E-state index in [1.54, 1.807) is 7.05 Å². The van der Waals surface area contributed by atoms with Crippen LogP contribution in [0.1, 0.15) is 13.8 Å². The van der Waals surface area contributed by atoms with Crippen molar-refractivity contribution >= 4 is 0 Å².